The van der Waals surface area contributed by atoms with Gasteiger partial charge in [-0.1, -0.05) is 32.6 Å². The van der Waals surface area contributed by atoms with Gasteiger partial charge < -0.3 is 29.2 Å². The van der Waals surface area contributed by atoms with Crippen molar-refractivity contribution in [3.05, 3.63) is 93.9 Å². The van der Waals surface area contributed by atoms with Crippen LogP contribution in [0.1, 0.15) is 84.0 Å². The van der Waals surface area contributed by atoms with Crippen molar-refractivity contribution in [3.63, 3.8) is 0 Å². The Bertz CT molecular complexity index is 2240. The molecule has 1 saturated carbocycles. The summed E-state index contributed by atoms with van der Waals surface area (Å²) in [6.07, 6.45) is 8.05. The van der Waals surface area contributed by atoms with Crippen LogP contribution in [0.25, 0.3) is 43.9 Å². The Morgan fingerprint density at radius 3 is 1.80 bits per heavy atom. The van der Waals surface area contributed by atoms with Crippen LogP contribution in [0.3, 0.4) is 0 Å². The van der Waals surface area contributed by atoms with Crippen molar-refractivity contribution in [2.75, 3.05) is 21.3 Å². The Morgan fingerprint density at radius 2 is 1.29 bits per heavy atom. The molecular weight excluding hydrogens is 741 g/mol. The lowest BCUT2D eigenvalue weighted by Gasteiger charge is -2.22. The number of ether oxygens (including phenoxy) is 2. The minimum Gasteiger partial charge on any atom is -0.497 e. The van der Waals surface area contributed by atoms with Crippen molar-refractivity contribution in [2.24, 2.45) is 7.05 Å². The van der Waals surface area contributed by atoms with E-state index < -0.39 is 0 Å². The number of rotatable bonds is 12. The summed E-state index contributed by atoms with van der Waals surface area (Å²) >= 11 is 3.21. The van der Waals surface area contributed by atoms with Crippen LogP contribution in [-0.2, 0) is 13.6 Å². The third-order valence-corrected chi connectivity index (χ3v) is 12.3. The summed E-state index contributed by atoms with van der Waals surface area (Å²) in [6.45, 7) is 7.08. The molecule has 56 heavy (non-hydrogen) atoms. The topological polar surface area (TPSA) is 112 Å². The van der Waals surface area contributed by atoms with Crippen molar-refractivity contribution >= 4 is 34.5 Å². The molecule has 0 unspecified atom stereocenters. The van der Waals surface area contributed by atoms with Crippen molar-refractivity contribution in [3.8, 4) is 55.4 Å². The molecule has 12 heteroatoms. The Morgan fingerprint density at radius 1 is 0.768 bits per heavy atom. The maximum Gasteiger partial charge on any atom is 0.253 e. The molecule has 4 heterocycles. The van der Waals surface area contributed by atoms with E-state index in [-0.39, 0.29) is 11.8 Å². The zero-order chi connectivity index (χ0) is 39.8. The van der Waals surface area contributed by atoms with Crippen LogP contribution in [0, 0.1) is 13.8 Å². The molecular formula is C44H52N6O4S2. The molecule has 0 bridgehead atoms. The molecule has 2 amide bonds. The lowest BCUT2D eigenvalue weighted by molar-refractivity contribution is 0.0925. The van der Waals surface area contributed by atoms with Gasteiger partial charge in [0.25, 0.3) is 11.8 Å². The maximum atomic E-state index is 13.1. The largest absolute Gasteiger partial charge is 0.497 e. The molecule has 0 atom stereocenters. The second-order valence-corrected chi connectivity index (χ2v) is 15.8. The van der Waals surface area contributed by atoms with Crippen LogP contribution in [0.5, 0.6) is 11.5 Å². The lowest BCUT2D eigenvalue weighted by atomic mass is 9.95. The van der Waals surface area contributed by atoms with Crippen molar-refractivity contribution in [1.82, 2.24) is 29.7 Å². The van der Waals surface area contributed by atoms with Crippen molar-refractivity contribution in [1.29, 1.82) is 0 Å². The van der Waals surface area contributed by atoms with E-state index in [0.29, 0.717) is 11.6 Å². The number of nitrogens with one attached hydrogen (secondary N) is 2. The zero-order valence-electron chi connectivity index (χ0n) is 33.4. The van der Waals surface area contributed by atoms with Gasteiger partial charge in [-0.2, -0.15) is 0 Å². The van der Waals surface area contributed by atoms with E-state index in [1.54, 1.807) is 43.9 Å². The smallest absolute Gasteiger partial charge is 0.253 e. The van der Waals surface area contributed by atoms with Gasteiger partial charge in [0.1, 0.15) is 21.5 Å². The van der Waals surface area contributed by atoms with Crippen molar-refractivity contribution < 1.29 is 19.1 Å². The molecule has 1 aliphatic carbocycles. The minimum atomic E-state index is -0.0834. The maximum absolute atomic E-state index is 13.1. The average Bonchev–Trinajstić information content (AvgIpc) is 4.04. The fourth-order valence-electron chi connectivity index (χ4n) is 7.03. The van der Waals surface area contributed by atoms with Gasteiger partial charge in [0.2, 0.25) is 0 Å². The number of hydrogen-bond acceptors (Lipinski definition) is 8. The van der Waals surface area contributed by atoms with Gasteiger partial charge in [-0.15, -0.1) is 22.7 Å². The summed E-state index contributed by atoms with van der Waals surface area (Å²) in [5, 5.41) is 12.0. The Hall–Kier alpha value is -5.20. The van der Waals surface area contributed by atoms with Gasteiger partial charge in [0, 0.05) is 60.0 Å². The van der Waals surface area contributed by atoms with E-state index in [0.717, 1.165) is 105 Å². The van der Waals surface area contributed by atoms with Gasteiger partial charge >= 0.3 is 0 Å². The van der Waals surface area contributed by atoms with Gasteiger partial charge in [0.15, 0.2) is 0 Å². The number of benzene rings is 2. The van der Waals surface area contributed by atoms with E-state index in [4.69, 9.17) is 19.4 Å². The zero-order valence-corrected chi connectivity index (χ0v) is 35.0. The Labute approximate surface area is 337 Å². The number of unbranched alkanes of at least 4 members (excludes halogenated alkanes) is 1. The van der Waals surface area contributed by atoms with Crippen LogP contribution in [-0.4, -0.2) is 58.2 Å². The first kappa shape index (κ1) is 40.5. The molecule has 0 saturated heterocycles. The predicted molar refractivity (Wildman–Crippen MR) is 228 cm³/mol. The summed E-state index contributed by atoms with van der Waals surface area (Å²) in [5.74, 6) is 1.63. The molecule has 6 aromatic rings. The van der Waals surface area contributed by atoms with Crippen LogP contribution < -0.4 is 20.1 Å². The van der Waals surface area contributed by atoms with Gasteiger partial charge in [-0.25, -0.2) is 9.97 Å². The molecule has 1 aliphatic rings. The first-order chi connectivity index (χ1) is 27.1. The molecule has 1 fully saturated rings. The molecule has 0 radical (unpaired) electrons. The van der Waals surface area contributed by atoms with E-state index in [1.165, 1.54) is 19.3 Å². The Balaban J connectivity index is 0.000000198. The number of aromatic nitrogens is 4. The standard InChI is InChI=1S/C26H33N3O2S.C18H19N3O2S/c1-4-5-15-29-18(2)22(25(30)27-20-9-7-6-8-10-20)16-24(29)23-17-32-26(28-23)19-11-13-21(31-3)14-12-19;1-11-14(17(22)19-2)9-16(21(11)3)15-10-24-18(20-15)12-5-7-13(23-4)8-6-12/h11-14,16-17,20H,4-10,15H2,1-3H3,(H,27,30);5-10H,1-4H3,(H,19,22). The van der Waals surface area contributed by atoms with Crippen LogP contribution >= 0.6 is 22.7 Å². The fourth-order valence-corrected chi connectivity index (χ4v) is 8.67. The fraction of sp³-hybridized carbons (Fsp3) is 0.364. The molecule has 2 N–H and O–H groups in total. The summed E-state index contributed by atoms with van der Waals surface area (Å²) < 4.78 is 14.7. The highest BCUT2D eigenvalue weighted by molar-refractivity contribution is 7.13. The van der Waals surface area contributed by atoms with E-state index in [2.05, 4.69) is 34.4 Å². The molecule has 4 aromatic heterocycles. The number of thiazole rings is 2. The first-order valence-electron chi connectivity index (χ1n) is 19.3. The Kier molecular flexibility index (Phi) is 13.5. The summed E-state index contributed by atoms with van der Waals surface area (Å²) in [4.78, 5) is 34.8. The number of methoxy groups -OCH3 is 2. The van der Waals surface area contributed by atoms with Crippen LogP contribution in [0.2, 0.25) is 0 Å². The highest BCUT2D eigenvalue weighted by Crippen LogP contribution is 2.34. The number of amides is 2. The van der Waals surface area contributed by atoms with Gasteiger partial charge in [-0.3, -0.25) is 9.59 Å². The molecule has 2 aromatic carbocycles. The minimum absolute atomic E-state index is 0.0523. The molecule has 294 valence electrons. The number of hydrogen-bond donors (Lipinski definition) is 2. The van der Waals surface area contributed by atoms with Crippen molar-refractivity contribution in [2.45, 2.75) is 78.3 Å². The molecule has 0 spiro atoms. The van der Waals surface area contributed by atoms with Gasteiger partial charge in [0.05, 0.1) is 48.1 Å². The highest BCUT2D eigenvalue weighted by Gasteiger charge is 2.23. The summed E-state index contributed by atoms with van der Waals surface area (Å²) in [7, 11) is 6.91. The third kappa shape index (κ3) is 9.08. The normalized spacial score (nSPS) is 12.8. The third-order valence-electron chi connectivity index (χ3n) is 10.5. The monoisotopic (exact) mass is 792 g/mol. The number of carbonyl (C=O) groups is 2. The highest BCUT2D eigenvalue weighted by atomic mass is 32.1. The molecule has 0 aliphatic heterocycles. The second kappa shape index (κ2) is 18.6. The molecule has 10 nitrogen and oxygen atoms in total. The summed E-state index contributed by atoms with van der Waals surface area (Å²) in [6, 6.07) is 20.0. The summed E-state index contributed by atoms with van der Waals surface area (Å²) in [5.41, 5.74) is 9.27. The first-order valence-corrected chi connectivity index (χ1v) is 21.0. The lowest BCUT2D eigenvalue weighted by Crippen LogP contribution is -2.36. The quantitative estimate of drug-likeness (QED) is 0.128. The van der Waals surface area contributed by atoms with E-state index in [9.17, 15) is 9.59 Å². The van der Waals surface area contributed by atoms with Crippen LogP contribution in [0.15, 0.2) is 71.4 Å². The molecule has 7 rings (SSSR count). The van der Waals surface area contributed by atoms with Gasteiger partial charge in [-0.05, 0) is 93.8 Å². The second-order valence-electron chi connectivity index (χ2n) is 14.0. The van der Waals surface area contributed by atoms with Crippen LogP contribution in [0.4, 0.5) is 0 Å². The van der Waals surface area contributed by atoms with E-state index in [1.807, 2.05) is 84.6 Å². The number of nitrogens with zero attached hydrogens (tertiary/aromatic N) is 4. The predicted octanol–water partition coefficient (Wildman–Crippen LogP) is 9.95. The van der Waals surface area contributed by atoms with E-state index >= 15 is 0 Å². The number of carbonyl (C=O) groups excluding carboxylic acids is 2. The average molecular weight is 793 g/mol. The SMILES string of the molecule is CCCCn1c(-c2csc(-c3ccc(OC)cc3)n2)cc(C(=O)NC2CCCCC2)c1C.CNC(=O)c1cc(-c2csc(-c3ccc(OC)cc3)n2)n(C)c1C.